The van der Waals surface area contributed by atoms with Crippen LogP contribution in [0.15, 0.2) is 29.8 Å². The molecule has 0 N–H and O–H groups in total. The number of aryl methyl sites for hydroxylation is 1. The highest BCUT2D eigenvalue weighted by Gasteiger charge is 2.55. The van der Waals surface area contributed by atoms with Crippen molar-refractivity contribution in [3.63, 3.8) is 0 Å². The highest BCUT2D eigenvalue weighted by atomic mass is 16.5. The lowest BCUT2D eigenvalue weighted by molar-refractivity contribution is -0.127. The molecule has 3 aliphatic carbocycles. The molecule has 0 unspecified atom stereocenters. The van der Waals surface area contributed by atoms with Crippen LogP contribution in [0.25, 0.3) is 0 Å². The van der Waals surface area contributed by atoms with Crippen LogP contribution < -0.4 is 4.74 Å². The van der Waals surface area contributed by atoms with Crippen LogP contribution in [-0.2, 0) is 11.2 Å². The lowest BCUT2D eigenvalue weighted by atomic mass is 9.53. The standard InChI is InChI=1S/C22H28O2/c1-13(2)19-12-20(23)22(3)10-9-17-16-8-6-15(24-4)11-14(16)5-7-18(17)21(19)22/h6,8,11-13,17-18,21H,5,7,9-10H2,1-4H3/t17-,18-,21-,22-/m1/s1. The number of ether oxygens (including phenoxy) is 1. The number of fused-ring (bicyclic) bond motifs is 5. The monoisotopic (exact) mass is 324 g/mol. The molecule has 0 aromatic heterocycles. The average molecular weight is 324 g/mol. The molecule has 4 rings (SSSR count). The SMILES string of the molecule is COc1ccc2c(c1)CC[C@@H]1[C@@H]2CC[C@]2(C)C(=O)C=C(C(C)C)[C@@H]12. The molecule has 2 heteroatoms. The van der Waals surface area contributed by atoms with Crippen molar-refractivity contribution in [2.75, 3.05) is 7.11 Å². The number of ketones is 1. The predicted molar refractivity (Wildman–Crippen MR) is 96.3 cm³/mol. The van der Waals surface area contributed by atoms with Crippen LogP contribution >= 0.6 is 0 Å². The number of hydrogen-bond acceptors (Lipinski definition) is 2. The van der Waals surface area contributed by atoms with Gasteiger partial charge in [0.25, 0.3) is 0 Å². The molecule has 0 bridgehead atoms. The summed E-state index contributed by atoms with van der Waals surface area (Å²) in [5.41, 5.74) is 4.23. The van der Waals surface area contributed by atoms with E-state index in [2.05, 4.69) is 39.0 Å². The van der Waals surface area contributed by atoms with Crippen molar-refractivity contribution in [2.45, 2.75) is 52.4 Å². The lowest BCUT2D eigenvalue weighted by Crippen LogP contribution is -2.44. The summed E-state index contributed by atoms with van der Waals surface area (Å²) in [6.45, 7) is 6.72. The summed E-state index contributed by atoms with van der Waals surface area (Å²) in [5.74, 6) is 3.48. The second kappa shape index (κ2) is 5.47. The number of methoxy groups -OCH3 is 1. The Morgan fingerprint density at radius 2 is 2.04 bits per heavy atom. The highest BCUT2D eigenvalue weighted by molar-refractivity contribution is 5.99. The number of rotatable bonds is 2. The maximum Gasteiger partial charge on any atom is 0.162 e. The summed E-state index contributed by atoms with van der Waals surface area (Å²) in [7, 11) is 1.74. The van der Waals surface area contributed by atoms with E-state index in [4.69, 9.17) is 4.74 Å². The van der Waals surface area contributed by atoms with E-state index in [1.165, 1.54) is 23.1 Å². The molecule has 0 spiro atoms. The Hall–Kier alpha value is -1.57. The largest absolute Gasteiger partial charge is 0.497 e. The van der Waals surface area contributed by atoms with E-state index in [0.717, 1.165) is 25.0 Å². The fourth-order valence-electron chi connectivity index (χ4n) is 5.72. The zero-order valence-corrected chi connectivity index (χ0v) is 15.3. The van der Waals surface area contributed by atoms with E-state index in [-0.39, 0.29) is 5.41 Å². The fourth-order valence-corrected chi connectivity index (χ4v) is 5.72. The Morgan fingerprint density at radius 3 is 2.75 bits per heavy atom. The lowest BCUT2D eigenvalue weighted by Gasteiger charge is -2.49. The van der Waals surface area contributed by atoms with Crippen molar-refractivity contribution >= 4 is 5.78 Å². The van der Waals surface area contributed by atoms with Gasteiger partial charge in [0.15, 0.2) is 5.78 Å². The second-order valence-corrected chi connectivity index (χ2v) is 8.47. The molecule has 3 aliphatic rings. The van der Waals surface area contributed by atoms with Gasteiger partial charge in [-0.2, -0.15) is 0 Å². The van der Waals surface area contributed by atoms with Gasteiger partial charge in [-0.1, -0.05) is 32.4 Å². The number of carbonyl (C=O) groups excluding carboxylic acids is 1. The van der Waals surface area contributed by atoms with Gasteiger partial charge in [-0.05, 0) is 78.7 Å². The highest BCUT2D eigenvalue weighted by Crippen LogP contribution is 2.60. The first kappa shape index (κ1) is 15.9. The summed E-state index contributed by atoms with van der Waals surface area (Å²) in [6, 6.07) is 6.61. The van der Waals surface area contributed by atoms with Crippen LogP contribution in [0.4, 0.5) is 0 Å². The van der Waals surface area contributed by atoms with Gasteiger partial charge in [-0.25, -0.2) is 0 Å². The van der Waals surface area contributed by atoms with Crippen molar-refractivity contribution in [3.8, 4) is 5.75 Å². The Bertz CT molecular complexity index is 715. The zero-order valence-electron chi connectivity index (χ0n) is 15.3. The van der Waals surface area contributed by atoms with Gasteiger partial charge >= 0.3 is 0 Å². The van der Waals surface area contributed by atoms with Crippen LogP contribution in [0.1, 0.15) is 57.1 Å². The summed E-state index contributed by atoms with van der Waals surface area (Å²) >= 11 is 0. The molecule has 0 aliphatic heterocycles. The van der Waals surface area contributed by atoms with E-state index >= 15 is 0 Å². The Morgan fingerprint density at radius 1 is 1.25 bits per heavy atom. The van der Waals surface area contributed by atoms with Crippen molar-refractivity contribution in [1.82, 2.24) is 0 Å². The van der Waals surface area contributed by atoms with Crippen LogP contribution in [0, 0.1) is 23.2 Å². The number of benzene rings is 1. The number of allylic oxidation sites excluding steroid dienone is 2. The number of hydrogen-bond donors (Lipinski definition) is 0. The molecule has 0 saturated heterocycles. The van der Waals surface area contributed by atoms with Gasteiger partial charge in [0.1, 0.15) is 5.75 Å². The van der Waals surface area contributed by atoms with Gasteiger partial charge in [0.2, 0.25) is 0 Å². The molecule has 0 radical (unpaired) electrons. The predicted octanol–water partition coefficient (Wildman–Crippen LogP) is 4.92. The molecule has 1 aromatic rings. The minimum absolute atomic E-state index is 0.148. The third-order valence-corrected chi connectivity index (χ3v) is 6.99. The first-order valence-corrected chi connectivity index (χ1v) is 9.38. The van der Waals surface area contributed by atoms with Crippen molar-refractivity contribution < 1.29 is 9.53 Å². The molecule has 0 heterocycles. The van der Waals surface area contributed by atoms with Crippen LogP contribution in [-0.4, -0.2) is 12.9 Å². The maximum absolute atomic E-state index is 12.8. The van der Waals surface area contributed by atoms with Crippen LogP contribution in [0.3, 0.4) is 0 Å². The van der Waals surface area contributed by atoms with E-state index < -0.39 is 0 Å². The molecule has 0 amide bonds. The molecular formula is C22H28O2. The number of carbonyl (C=O) groups is 1. The average Bonchev–Trinajstić information content (AvgIpc) is 2.86. The summed E-state index contributed by atoms with van der Waals surface area (Å²) in [4.78, 5) is 12.8. The quantitative estimate of drug-likeness (QED) is 0.771. The molecule has 1 saturated carbocycles. The molecule has 24 heavy (non-hydrogen) atoms. The minimum atomic E-state index is -0.148. The van der Waals surface area contributed by atoms with Gasteiger partial charge in [0.05, 0.1) is 7.11 Å². The first-order valence-electron chi connectivity index (χ1n) is 9.38. The molecule has 4 atom stereocenters. The summed E-state index contributed by atoms with van der Waals surface area (Å²) in [6.07, 6.45) is 6.47. The van der Waals surface area contributed by atoms with Crippen LogP contribution in [0.2, 0.25) is 0 Å². The van der Waals surface area contributed by atoms with E-state index in [9.17, 15) is 4.79 Å². The Kier molecular flexibility index (Phi) is 3.63. The van der Waals surface area contributed by atoms with Gasteiger partial charge < -0.3 is 4.74 Å². The molecule has 1 aromatic carbocycles. The van der Waals surface area contributed by atoms with E-state index in [0.29, 0.717) is 29.5 Å². The fraction of sp³-hybridized carbons (Fsp3) is 0.591. The van der Waals surface area contributed by atoms with Crippen molar-refractivity contribution in [3.05, 3.63) is 41.0 Å². The van der Waals surface area contributed by atoms with Gasteiger partial charge in [0, 0.05) is 5.41 Å². The van der Waals surface area contributed by atoms with Crippen LogP contribution in [0.5, 0.6) is 5.75 Å². The van der Waals surface area contributed by atoms with Crippen molar-refractivity contribution in [1.29, 1.82) is 0 Å². The van der Waals surface area contributed by atoms with Gasteiger partial charge in [-0.15, -0.1) is 0 Å². The van der Waals surface area contributed by atoms with E-state index in [1.807, 2.05) is 6.08 Å². The zero-order chi connectivity index (χ0) is 17.1. The normalized spacial score (nSPS) is 34.5. The molecule has 2 nitrogen and oxygen atoms in total. The molecule has 1 fully saturated rings. The summed E-state index contributed by atoms with van der Waals surface area (Å²) < 4.78 is 5.41. The second-order valence-electron chi connectivity index (χ2n) is 8.47. The summed E-state index contributed by atoms with van der Waals surface area (Å²) in [5, 5.41) is 0. The molecule has 128 valence electrons. The topological polar surface area (TPSA) is 26.3 Å². The third-order valence-electron chi connectivity index (χ3n) is 6.99. The first-order chi connectivity index (χ1) is 11.5. The maximum atomic E-state index is 12.8. The minimum Gasteiger partial charge on any atom is -0.497 e. The van der Waals surface area contributed by atoms with E-state index in [1.54, 1.807) is 7.11 Å². The van der Waals surface area contributed by atoms with Gasteiger partial charge in [-0.3, -0.25) is 4.79 Å². The Balaban J connectivity index is 1.74. The smallest absolute Gasteiger partial charge is 0.162 e. The Labute approximate surface area is 145 Å². The molecular weight excluding hydrogens is 296 g/mol. The van der Waals surface area contributed by atoms with Crippen molar-refractivity contribution in [2.24, 2.45) is 23.2 Å². The third kappa shape index (κ3) is 2.11.